The third-order valence-corrected chi connectivity index (χ3v) is 6.63. The highest BCUT2D eigenvalue weighted by Crippen LogP contribution is 2.22. The lowest BCUT2D eigenvalue weighted by molar-refractivity contribution is -0.138. The van der Waals surface area contributed by atoms with Crippen LogP contribution in [-0.4, -0.2) is 63.7 Å². The first-order valence-electron chi connectivity index (χ1n) is 11.2. The molecule has 0 N–H and O–H groups in total. The Balaban J connectivity index is 1.39. The molecule has 0 radical (unpaired) electrons. The molecule has 0 bridgehead atoms. The highest BCUT2D eigenvalue weighted by molar-refractivity contribution is 7.09. The monoisotopic (exact) mass is 467 g/mol. The van der Waals surface area contributed by atoms with E-state index in [-0.39, 0.29) is 11.8 Å². The second kappa shape index (κ2) is 10.6. The van der Waals surface area contributed by atoms with Gasteiger partial charge in [0.2, 0.25) is 16.9 Å². The summed E-state index contributed by atoms with van der Waals surface area (Å²) in [5.74, 6) is 1.74. The van der Waals surface area contributed by atoms with Crippen molar-refractivity contribution in [1.29, 1.82) is 0 Å². The quantitative estimate of drug-likeness (QED) is 0.506. The molecule has 3 aromatic rings. The van der Waals surface area contributed by atoms with E-state index in [1.807, 2.05) is 17.0 Å². The van der Waals surface area contributed by atoms with Gasteiger partial charge in [-0.05, 0) is 24.6 Å². The molecule has 8 nitrogen and oxygen atoms in total. The third kappa shape index (κ3) is 6.19. The summed E-state index contributed by atoms with van der Waals surface area (Å²) >= 11 is 1.35. The zero-order chi connectivity index (χ0) is 23.2. The predicted octanol–water partition coefficient (Wildman–Crippen LogP) is 3.12. The Morgan fingerprint density at radius 1 is 1.09 bits per heavy atom. The Morgan fingerprint density at radius 3 is 2.48 bits per heavy atom. The molecule has 2 aromatic heterocycles. The van der Waals surface area contributed by atoms with E-state index < -0.39 is 0 Å². The molecule has 1 aliphatic heterocycles. The maximum absolute atomic E-state index is 12.8. The van der Waals surface area contributed by atoms with Gasteiger partial charge >= 0.3 is 0 Å². The minimum atomic E-state index is 0.0597. The highest BCUT2D eigenvalue weighted by Gasteiger charge is 2.23. The van der Waals surface area contributed by atoms with Crippen molar-refractivity contribution >= 4 is 28.5 Å². The zero-order valence-corrected chi connectivity index (χ0v) is 19.9. The molecule has 1 aliphatic rings. The summed E-state index contributed by atoms with van der Waals surface area (Å²) in [5, 5.41) is 0.780. The summed E-state index contributed by atoms with van der Waals surface area (Å²) in [7, 11) is 0. The maximum atomic E-state index is 12.8. The fourth-order valence-corrected chi connectivity index (χ4v) is 4.54. The molecule has 0 spiro atoms. The Labute approximate surface area is 198 Å². The number of rotatable bonds is 8. The molecule has 1 aromatic carbocycles. The minimum Gasteiger partial charge on any atom is -0.467 e. The van der Waals surface area contributed by atoms with Crippen molar-refractivity contribution in [3.8, 4) is 0 Å². The van der Waals surface area contributed by atoms with Gasteiger partial charge in [0.05, 0.1) is 12.8 Å². The highest BCUT2D eigenvalue weighted by atomic mass is 32.1. The number of carbonyl (C=O) groups is 2. The lowest BCUT2D eigenvalue weighted by Gasteiger charge is -2.34. The normalized spacial score (nSPS) is 13.9. The first-order valence-corrected chi connectivity index (χ1v) is 11.9. The van der Waals surface area contributed by atoms with Crippen LogP contribution in [0.25, 0.3) is 0 Å². The van der Waals surface area contributed by atoms with Crippen molar-refractivity contribution in [3.63, 3.8) is 0 Å². The van der Waals surface area contributed by atoms with Gasteiger partial charge in [-0.15, -0.1) is 0 Å². The number of amides is 2. The van der Waals surface area contributed by atoms with E-state index in [4.69, 9.17) is 9.40 Å². The molecule has 0 unspecified atom stereocenters. The van der Waals surface area contributed by atoms with E-state index >= 15 is 0 Å². The van der Waals surface area contributed by atoms with E-state index in [2.05, 4.69) is 40.5 Å². The van der Waals surface area contributed by atoms with Gasteiger partial charge in [0.15, 0.2) is 0 Å². The molecular weight excluding hydrogens is 438 g/mol. The molecule has 4 rings (SSSR count). The smallest absolute Gasteiger partial charge is 0.224 e. The number of piperazine rings is 1. The van der Waals surface area contributed by atoms with Crippen LogP contribution in [-0.2, 0) is 22.6 Å². The van der Waals surface area contributed by atoms with E-state index in [0.29, 0.717) is 52.1 Å². The number of anilines is 1. The third-order valence-electron chi connectivity index (χ3n) is 5.81. The van der Waals surface area contributed by atoms with E-state index in [1.165, 1.54) is 22.7 Å². The molecule has 0 atom stereocenters. The van der Waals surface area contributed by atoms with Gasteiger partial charge in [0.1, 0.15) is 11.6 Å². The summed E-state index contributed by atoms with van der Waals surface area (Å²) in [5.41, 5.74) is 2.39. The summed E-state index contributed by atoms with van der Waals surface area (Å²) < 4.78 is 10.1. The largest absolute Gasteiger partial charge is 0.467 e. The topological polar surface area (TPSA) is 82.8 Å². The number of benzene rings is 1. The van der Waals surface area contributed by atoms with Gasteiger partial charge in [0.25, 0.3) is 0 Å². The van der Waals surface area contributed by atoms with Gasteiger partial charge in [-0.2, -0.15) is 4.37 Å². The molecule has 9 heteroatoms. The SMILES string of the molecule is CC(=O)N1CCN(C(=O)CCN(Cc2ccco2)c2nc(Cc3ccc(C)cc3)ns2)CC1. The maximum Gasteiger partial charge on any atom is 0.224 e. The van der Waals surface area contributed by atoms with Gasteiger partial charge in [-0.3, -0.25) is 9.59 Å². The lowest BCUT2D eigenvalue weighted by Crippen LogP contribution is -2.50. The van der Waals surface area contributed by atoms with E-state index in [9.17, 15) is 9.59 Å². The second-order valence-electron chi connectivity index (χ2n) is 8.29. The molecule has 33 heavy (non-hydrogen) atoms. The zero-order valence-electron chi connectivity index (χ0n) is 19.1. The second-order valence-corrected chi connectivity index (χ2v) is 9.02. The fourth-order valence-electron chi connectivity index (χ4n) is 3.83. The van der Waals surface area contributed by atoms with Gasteiger partial charge < -0.3 is 19.1 Å². The molecule has 3 heterocycles. The van der Waals surface area contributed by atoms with E-state index in [1.54, 1.807) is 18.1 Å². The minimum absolute atomic E-state index is 0.0597. The molecule has 1 saturated heterocycles. The first-order chi connectivity index (χ1) is 16.0. The number of hydrogen-bond acceptors (Lipinski definition) is 7. The van der Waals surface area contributed by atoms with Crippen LogP contribution in [0.15, 0.2) is 47.1 Å². The van der Waals surface area contributed by atoms with E-state index in [0.717, 1.165) is 16.7 Å². The predicted molar refractivity (Wildman–Crippen MR) is 127 cm³/mol. The first kappa shape index (κ1) is 23.0. The van der Waals surface area contributed by atoms with Crippen molar-refractivity contribution in [2.24, 2.45) is 0 Å². The molecule has 2 amide bonds. The van der Waals surface area contributed by atoms with Gasteiger partial charge in [-0.1, -0.05) is 29.8 Å². The average molecular weight is 468 g/mol. The summed E-state index contributed by atoms with van der Waals surface area (Å²) in [6.07, 6.45) is 2.69. The van der Waals surface area contributed by atoms with Crippen LogP contribution in [0.2, 0.25) is 0 Å². The summed E-state index contributed by atoms with van der Waals surface area (Å²) in [6.45, 7) is 7.03. The number of hydrogen-bond donors (Lipinski definition) is 0. The number of furan rings is 1. The van der Waals surface area contributed by atoms with Crippen molar-refractivity contribution in [1.82, 2.24) is 19.2 Å². The Bertz CT molecular complexity index is 1060. The number of carbonyl (C=O) groups excluding carboxylic acids is 2. The van der Waals surface area contributed by atoms with Crippen LogP contribution in [0, 0.1) is 6.92 Å². The van der Waals surface area contributed by atoms with Crippen molar-refractivity contribution in [2.75, 3.05) is 37.6 Å². The van der Waals surface area contributed by atoms with Crippen LogP contribution in [0.5, 0.6) is 0 Å². The number of nitrogens with zero attached hydrogens (tertiary/aromatic N) is 5. The van der Waals surface area contributed by atoms with Crippen LogP contribution in [0.4, 0.5) is 5.13 Å². The van der Waals surface area contributed by atoms with Crippen LogP contribution < -0.4 is 4.90 Å². The van der Waals surface area contributed by atoms with Crippen molar-refractivity contribution < 1.29 is 14.0 Å². The summed E-state index contributed by atoms with van der Waals surface area (Å²) in [6, 6.07) is 12.2. The van der Waals surface area contributed by atoms with Crippen molar-refractivity contribution in [2.45, 2.75) is 33.2 Å². The standard InChI is InChI=1S/C24H29N5O3S/c1-18-5-7-20(8-6-18)16-22-25-24(33-26-22)29(17-21-4-3-15-32-21)10-9-23(31)28-13-11-27(12-14-28)19(2)30/h3-8,15H,9-14,16-17H2,1-2H3. The average Bonchev–Trinajstić information content (AvgIpc) is 3.50. The molecule has 0 saturated carbocycles. The molecule has 0 aliphatic carbocycles. The van der Waals surface area contributed by atoms with Crippen LogP contribution >= 0.6 is 11.5 Å². The molecule has 1 fully saturated rings. The van der Waals surface area contributed by atoms with Crippen molar-refractivity contribution in [3.05, 3.63) is 65.4 Å². The number of aromatic nitrogens is 2. The fraction of sp³-hybridized carbons (Fsp3) is 0.417. The van der Waals surface area contributed by atoms with Crippen LogP contribution in [0.3, 0.4) is 0 Å². The summed E-state index contributed by atoms with van der Waals surface area (Å²) in [4.78, 5) is 34.8. The molecule has 174 valence electrons. The van der Waals surface area contributed by atoms with Crippen LogP contribution in [0.1, 0.15) is 36.1 Å². The Kier molecular flexibility index (Phi) is 7.39. The van der Waals surface area contributed by atoms with Gasteiger partial charge in [-0.25, -0.2) is 4.98 Å². The Morgan fingerprint density at radius 2 is 1.82 bits per heavy atom. The van der Waals surface area contributed by atoms with Gasteiger partial charge in [0, 0.05) is 64.0 Å². The molecular formula is C24H29N5O3S. The Hall–Kier alpha value is -3.20. The number of aryl methyl sites for hydroxylation is 1. The lowest BCUT2D eigenvalue weighted by atomic mass is 10.1.